The summed E-state index contributed by atoms with van der Waals surface area (Å²) in [7, 11) is 0. The van der Waals surface area contributed by atoms with E-state index < -0.39 is 0 Å². The van der Waals surface area contributed by atoms with Gasteiger partial charge in [0.05, 0.1) is 16.1 Å². The van der Waals surface area contributed by atoms with E-state index in [1.807, 2.05) is 13.8 Å². The van der Waals surface area contributed by atoms with E-state index in [2.05, 4.69) is 10.3 Å². The summed E-state index contributed by atoms with van der Waals surface area (Å²) in [6.07, 6.45) is 0.635. The molecule has 1 N–H and O–H groups in total. The molecule has 118 valence electrons. The summed E-state index contributed by atoms with van der Waals surface area (Å²) in [6.45, 7) is 5.79. The predicted molar refractivity (Wildman–Crippen MR) is 91.9 cm³/mol. The molecule has 0 radical (unpaired) electrons. The SMILES string of the molecule is CC.CCC(=O)Cc1cccc(Cl)c1C(=O)Nc1cscn1. The van der Waals surface area contributed by atoms with E-state index >= 15 is 0 Å². The molecule has 1 aromatic carbocycles. The van der Waals surface area contributed by atoms with Crippen LogP contribution in [-0.2, 0) is 11.2 Å². The van der Waals surface area contributed by atoms with Crippen LogP contribution in [0.5, 0.6) is 0 Å². The second kappa shape index (κ2) is 9.33. The smallest absolute Gasteiger partial charge is 0.258 e. The maximum absolute atomic E-state index is 12.3. The molecule has 4 nitrogen and oxygen atoms in total. The molecule has 0 saturated heterocycles. The summed E-state index contributed by atoms with van der Waals surface area (Å²) < 4.78 is 0. The largest absolute Gasteiger partial charge is 0.306 e. The Balaban J connectivity index is 0.00000116. The van der Waals surface area contributed by atoms with Gasteiger partial charge in [-0.15, -0.1) is 11.3 Å². The Morgan fingerprint density at radius 2 is 2.05 bits per heavy atom. The van der Waals surface area contributed by atoms with Gasteiger partial charge in [0.25, 0.3) is 5.91 Å². The van der Waals surface area contributed by atoms with Gasteiger partial charge in [0.1, 0.15) is 11.6 Å². The fourth-order valence-electron chi connectivity index (χ4n) is 1.76. The van der Waals surface area contributed by atoms with Gasteiger partial charge in [0.2, 0.25) is 0 Å². The van der Waals surface area contributed by atoms with Crippen LogP contribution in [0.25, 0.3) is 0 Å². The molecule has 0 unspecified atom stereocenters. The molecule has 2 rings (SSSR count). The van der Waals surface area contributed by atoms with Crippen molar-refractivity contribution in [2.45, 2.75) is 33.6 Å². The van der Waals surface area contributed by atoms with Crippen LogP contribution in [0.15, 0.2) is 29.1 Å². The van der Waals surface area contributed by atoms with Gasteiger partial charge in [0, 0.05) is 18.2 Å². The van der Waals surface area contributed by atoms with Crippen LogP contribution in [0.2, 0.25) is 5.02 Å². The van der Waals surface area contributed by atoms with Gasteiger partial charge in [-0.3, -0.25) is 9.59 Å². The minimum atomic E-state index is -0.347. The van der Waals surface area contributed by atoms with Crippen molar-refractivity contribution >= 4 is 40.4 Å². The third kappa shape index (κ3) is 4.93. The molecule has 0 atom stereocenters. The summed E-state index contributed by atoms with van der Waals surface area (Å²) >= 11 is 7.49. The first-order chi connectivity index (χ1) is 10.6. The number of anilines is 1. The van der Waals surface area contributed by atoms with Crippen molar-refractivity contribution in [1.82, 2.24) is 4.98 Å². The summed E-state index contributed by atoms with van der Waals surface area (Å²) in [5.41, 5.74) is 2.60. The standard InChI is InChI=1S/C14H13ClN2O2S.C2H6/c1-2-10(18)6-9-4-3-5-11(15)13(9)14(19)17-12-7-20-8-16-12;1-2/h3-5,7-8H,2,6H2,1H3,(H,17,19);1-2H3. The van der Waals surface area contributed by atoms with Gasteiger partial charge in [-0.1, -0.05) is 44.5 Å². The van der Waals surface area contributed by atoms with Crippen LogP contribution in [0, 0.1) is 0 Å². The normalized spacial score (nSPS) is 9.64. The zero-order valence-corrected chi connectivity index (χ0v) is 14.4. The molecule has 1 amide bonds. The number of hydrogen-bond acceptors (Lipinski definition) is 4. The van der Waals surface area contributed by atoms with Crippen LogP contribution in [0.4, 0.5) is 5.82 Å². The first-order valence-corrected chi connectivity index (χ1v) is 8.42. The number of carbonyl (C=O) groups excluding carboxylic acids is 2. The van der Waals surface area contributed by atoms with Crippen LogP contribution < -0.4 is 5.32 Å². The minimum Gasteiger partial charge on any atom is -0.306 e. The molecule has 0 saturated carbocycles. The lowest BCUT2D eigenvalue weighted by molar-refractivity contribution is -0.118. The first kappa shape index (κ1) is 18.3. The van der Waals surface area contributed by atoms with Crippen LogP contribution in [-0.4, -0.2) is 16.7 Å². The van der Waals surface area contributed by atoms with Crippen LogP contribution in [0.3, 0.4) is 0 Å². The van der Waals surface area contributed by atoms with Crippen molar-refractivity contribution < 1.29 is 9.59 Å². The summed E-state index contributed by atoms with van der Waals surface area (Å²) in [4.78, 5) is 27.9. The Hall–Kier alpha value is -1.72. The number of hydrogen-bond donors (Lipinski definition) is 1. The van der Waals surface area contributed by atoms with Crippen molar-refractivity contribution in [2.24, 2.45) is 0 Å². The second-order valence-electron chi connectivity index (χ2n) is 4.17. The fourth-order valence-corrected chi connectivity index (χ4v) is 2.52. The van der Waals surface area contributed by atoms with E-state index in [-0.39, 0.29) is 18.1 Å². The number of amides is 1. The maximum Gasteiger partial charge on any atom is 0.258 e. The molecule has 0 fully saturated rings. The quantitative estimate of drug-likeness (QED) is 0.866. The maximum atomic E-state index is 12.3. The molecule has 22 heavy (non-hydrogen) atoms. The number of thiazole rings is 1. The van der Waals surface area contributed by atoms with Gasteiger partial charge in [-0.25, -0.2) is 4.98 Å². The highest BCUT2D eigenvalue weighted by molar-refractivity contribution is 7.07. The number of nitrogens with zero attached hydrogens (tertiary/aromatic N) is 1. The van der Waals surface area contributed by atoms with E-state index in [9.17, 15) is 9.59 Å². The van der Waals surface area contributed by atoms with Gasteiger partial charge >= 0.3 is 0 Å². The third-order valence-corrected chi connectivity index (χ3v) is 3.68. The van der Waals surface area contributed by atoms with Crippen molar-refractivity contribution in [3.8, 4) is 0 Å². The Kier molecular flexibility index (Phi) is 7.77. The molecule has 0 bridgehead atoms. The summed E-state index contributed by atoms with van der Waals surface area (Å²) in [5, 5.41) is 4.74. The van der Waals surface area contributed by atoms with E-state index in [0.29, 0.717) is 28.4 Å². The number of nitrogens with one attached hydrogen (secondary N) is 1. The predicted octanol–water partition coefficient (Wildman–Crippen LogP) is 4.60. The molecule has 6 heteroatoms. The molecule has 0 aliphatic rings. The molecule has 2 aromatic rings. The highest BCUT2D eigenvalue weighted by Gasteiger charge is 2.17. The van der Waals surface area contributed by atoms with Gasteiger partial charge < -0.3 is 5.32 Å². The van der Waals surface area contributed by atoms with Gasteiger partial charge in [-0.2, -0.15) is 0 Å². The number of aromatic nitrogens is 1. The molecular formula is C16H19ClN2O2S. The zero-order chi connectivity index (χ0) is 16.5. The number of ketones is 1. The average Bonchev–Trinajstić information content (AvgIpc) is 3.02. The zero-order valence-electron chi connectivity index (χ0n) is 12.9. The molecular weight excluding hydrogens is 320 g/mol. The highest BCUT2D eigenvalue weighted by atomic mass is 35.5. The Labute approximate surface area is 139 Å². The molecule has 0 aliphatic heterocycles. The number of rotatable bonds is 5. The lowest BCUT2D eigenvalue weighted by atomic mass is 10.0. The molecule has 0 spiro atoms. The number of carbonyl (C=O) groups is 2. The van der Waals surface area contributed by atoms with Crippen molar-refractivity contribution in [3.63, 3.8) is 0 Å². The fraction of sp³-hybridized carbons (Fsp3) is 0.312. The average molecular weight is 339 g/mol. The van der Waals surface area contributed by atoms with Crippen molar-refractivity contribution in [1.29, 1.82) is 0 Å². The lowest BCUT2D eigenvalue weighted by Gasteiger charge is -2.10. The van der Waals surface area contributed by atoms with Crippen LogP contribution >= 0.6 is 22.9 Å². The van der Waals surface area contributed by atoms with Crippen molar-refractivity contribution in [3.05, 3.63) is 45.2 Å². The Morgan fingerprint density at radius 3 is 2.64 bits per heavy atom. The number of Topliss-reactive ketones (excluding diaryl/α,β-unsaturated/α-hetero) is 1. The molecule has 1 heterocycles. The van der Waals surface area contributed by atoms with E-state index in [4.69, 9.17) is 11.6 Å². The lowest BCUT2D eigenvalue weighted by Crippen LogP contribution is -2.16. The first-order valence-electron chi connectivity index (χ1n) is 7.10. The van der Waals surface area contributed by atoms with Crippen molar-refractivity contribution in [2.75, 3.05) is 5.32 Å². The third-order valence-electron chi connectivity index (χ3n) is 2.78. The number of benzene rings is 1. The highest BCUT2D eigenvalue weighted by Crippen LogP contribution is 2.22. The van der Waals surface area contributed by atoms with Gasteiger partial charge in [-0.05, 0) is 11.6 Å². The minimum absolute atomic E-state index is 0.0648. The topological polar surface area (TPSA) is 59.1 Å². The van der Waals surface area contributed by atoms with E-state index in [1.165, 1.54) is 11.3 Å². The van der Waals surface area contributed by atoms with Crippen LogP contribution in [0.1, 0.15) is 43.1 Å². The number of halogens is 1. The van der Waals surface area contributed by atoms with E-state index in [0.717, 1.165) is 0 Å². The Morgan fingerprint density at radius 1 is 1.32 bits per heavy atom. The molecule has 1 aromatic heterocycles. The second-order valence-corrected chi connectivity index (χ2v) is 5.30. The van der Waals surface area contributed by atoms with Gasteiger partial charge in [0.15, 0.2) is 0 Å². The Bertz CT molecular complexity index is 627. The summed E-state index contributed by atoms with van der Waals surface area (Å²) in [5.74, 6) is 0.197. The summed E-state index contributed by atoms with van der Waals surface area (Å²) in [6, 6.07) is 5.12. The molecule has 0 aliphatic carbocycles. The monoisotopic (exact) mass is 338 g/mol. The van der Waals surface area contributed by atoms with E-state index in [1.54, 1.807) is 36.0 Å².